The van der Waals surface area contributed by atoms with Gasteiger partial charge in [-0.25, -0.2) is 0 Å². The van der Waals surface area contributed by atoms with Crippen molar-refractivity contribution in [2.75, 3.05) is 11.4 Å². The van der Waals surface area contributed by atoms with E-state index in [0.29, 0.717) is 11.4 Å². The molecule has 0 bridgehead atoms. The molecule has 0 aliphatic carbocycles. The minimum absolute atomic E-state index is 0. The Balaban J connectivity index is 0.00000243. The highest BCUT2D eigenvalue weighted by Gasteiger charge is 2.49. The van der Waals surface area contributed by atoms with E-state index in [-0.39, 0.29) is 25.4 Å². The minimum Gasteiger partial charge on any atom is -0.368 e. The number of benzene rings is 1. The highest BCUT2D eigenvalue weighted by molar-refractivity contribution is 5.85. The number of halogens is 4. The van der Waals surface area contributed by atoms with E-state index in [1.807, 2.05) is 6.92 Å². The molecule has 1 aromatic heterocycles. The summed E-state index contributed by atoms with van der Waals surface area (Å²) in [4.78, 5) is 13.1. The SMILES string of the molecule is Cc1ccc(N2CC(C(F)(F)F)CC2C(N)=O)cc1-c1cccnn1.Cl. The quantitative estimate of drug-likeness (QED) is 0.879. The monoisotopic (exact) mass is 386 g/mol. The molecule has 1 aliphatic heterocycles. The highest BCUT2D eigenvalue weighted by atomic mass is 35.5. The third-order valence-corrected chi connectivity index (χ3v) is 4.49. The van der Waals surface area contributed by atoms with Crippen LogP contribution in [0.1, 0.15) is 12.0 Å². The van der Waals surface area contributed by atoms with E-state index in [2.05, 4.69) is 10.2 Å². The number of nitrogens with two attached hydrogens (primary N) is 1. The highest BCUT2D eigenvalue weighted by Crippen LogP contribution is 2.39. The summed E-state index contributed by atoms with van der Waals surface area (Å²) in [6, 6.07) is 7.74. The molecule has 3 rings (SSSR count). The normalized spacial score (nSPS) is 19.9. The average molecular weight is 387 g/mol. The van der Waals surface area contributed by atoms with Gasteiger partial charge in [0.15, 0.2) is 0 Å². The number of amides is 1. The first-order valence-electron chi connectivity index (χ1n) is 7.79. The van der Waals surface area contributed by atoms with Crippen molar-refractivity contribution in [2.45, 2.75) is 25.6 Å². The van der Waals surface area contributed by atoms with Crippen molar-refractivity contribution in [3.8, 4) is 11.3 Å². The lowest BCUT2D eigenvalue weighted by Crippen LogP contribution is -2.40. The average Bonchev–Trinajstić information content (AvgIpc) is 3.02. The molecule has 1 saturated heterocycles. The van der Waals surface area contributed by atoms with E-state index in [0.717, 1.165) is 11.1 Å². The zero-order chi connectivity index (χ0) is 18.2. The Hall–Kier alpha value is -2.35. The first-order valence-corrected chi connectivity index (χ1v) is 7.79. The van der Waals surface area contributed by atoms with Gasteiger partial charge in [-0.15, -0.1) is 12.4 Å². The van der Waals surface area contributed by atoms with E-state index in [1.165, 1.54) is 4.90 Å². The van der Waals surface area contributed by atoms with Crippen molar-refractivity contribution >= 4 is 24.0 Å². The Kier molecular flexibility index (Phi) is 5.75. The molecule has 26 heavy (non-hydrogen) atoms. The number of primary amides is 1. The number of alkyl halides is 3. The first-order chi connectivity index (χ1) is 11.8. The molecule has 2 aromatic rings. The lowest BCUT2D eigenvalue weighted by molar-refractivity contribution is -0.168. The molecule has 140 valence electrons. The van der Waals surface area contributed by atoms with Crippen molar-refractivity contribution in [2.24, 2.45) is 11.7 Å². The van der Waals surface area contributed by atoms with E-state index in [4.69, 9.17) is 5.73 Å². The molecule has 0 spiro atoms. The maximum absolute atomic E-state index is 13.1. The molecule has 9 heteroatoms. The lowest BCUT2D eigenvalue weighted by Gasteiger charge is -2.25. The van der Waals surface area contributed by atoms with Crippen molar-refractivity contribution in [3.05, 3.63) is 42.1 Å². The van der Waals surface area contributed by atoms with Gasteiger partial charge in [0, 0.05) is 24.0 Å². The number of hydrogen-bond donors (Lipinski definition) is 1. The molecule has 1 aromatic carbocycles. The molecule has 1 fully saturated rings. The summed E-state index contributed by atoms with van der Waals surface area (Å²) in [7, 11) is 0. The second-order valence-corrected chi connectivity index (χ2v) is 6.15. The van der Waals surface area contributed by atoms with Gasteiger partial charge in [0.25, 0.3) is 0 Å². The molecule has 2 N–H and O–H groups in total. The summed E-state index contributed by atoms with van der Waals surface area (Å²) in [5.41, 5.74) is 8.13. The Morgan fingerprint density at radius 2 is 2.04 bits per heavy atom. The summed E-state index contributed by atoms with van der Waals surface area (Å²) in [6.45, 7) is 1.59. The molecular weight excluding hydrogens is 369 g/mol. The minimum atomic E-state index is -4.36. The molecule has 2 heterocycles. The van der Waals surface area contributed by atoms with Crippen molar-refractivity contribution in [3.63, 3.8) is 0 Å². The van der Waals surface area contributed by atoms with Gasteiger partial charge in [0.1, 0.15) is 6.04 Å². The predicted octanol–water partition coefficient (Wildman–Crippen LogP) is 3.12. The number of carbonyl (C=O) groups excluding carboxylic acids is 1. The van der Waals surface area contributed by atoms with Crippen LogP contribution in [0, 0.1) is 12.8 Å². The third-order valence-electron chi connectivity index (χ3n) is 4.49. The number of aromatic nitrogens is 2. The third kappa shape index (κ3) is 3.90. The predicted molar refractivity (Wildman–Crippen MR) is 93.9 cm³/mol. The Labute approximate surface area is 154 Å². The van der Waals surface area contributed by atoms with Gasteiger partial charge in [0.05, 0.1) is 11.6 Å². The summed E-state index contributed by atoms with van der Waals surface area (Å²) in [6.07, 6.45) is -3.14. The Morgan fingerprint density at radius 3 is 2.62 bits per heavy atom. The van der Waals surface area contributed by atoms with Crippen LogP contribution in [0.15, 0.2) is 36.5 Å². The van der Waals surface area contributed by atoms with Crippen LogP contribution in [0.5, 0.6) is 0 Å². The fourth-order valence-corrected chi connectivity index (χ4v) is 3.14. The Bertz CT molecular complexity index is 785. The molecule has 0 radical (unpaired) electrons. The number of aryl methyl sites for hydroxylation is 1. The van der Waals surface area contributed by atoms with Gasteiger partial charge in [-0.1, -0.05) is 6.07 Å². The maximum Gasteiger partial charge on any atom is 0.393 e. The van der Waals surface area contributed by atoms with Crippen molar-refractivity contribution in [1.29, 1.82) is 0 Å². The Morgan fingerprint density at radius 1 is 1.31 bits per heavy atom. The number of anilines is 1. The zero-order valence-electron chi connectivity index (χ0n) is 13.9. The van der Waals surface area contributed by atoms with Crippen LogP contribution in [0.3, 0.4) is 0 Å². The number of nitrogens with zero attached hydrogens (tertiary/aromatic N) is 3. The summed E-state index contributed by atoms with van der Waals surface area (Å²) < 4.78 is 39.3. The van der Waals surface area contributed by atoms with Crippen LogP contribution in [0.25, 0.3) is 11.3 Å². The van der Waals surface area contributed by atoms with E-state index in [1.54, 1.807) is 36.5 Å². The van der Waals surface area contributed by atoms with E-state index in [9.17, 15) is 18.0 Å². The number of rotatable bonds is 3. The first kappa shape index (κ1) is 20.0. The van der Waals surface area contributed by atoms with Crippen LogP contribution in [-0.4, -0.2) is 34.9 Å². The van der Waals surface area contributed by atoms with Gasteiger partial charge in [-0.2, -0.15) is 23.4 Å². The van der Waals surface area contributed by atoms with Gasteiger partial charge in [-0.05, 0) is 43.2 Å². The summed E-state index contributed by atoms with van der Waals surface area (Å²) in [5.74, 6) is -2.33. The fourth-order valence-electron chi connectivity index (χ4n) is 3.14. The van der Waals surface area contributed by atoms with Crippen LogP contribution in [0.2, 0.25) is 0 Å². The number of hydrogen-bond acceptors (Lipinski definition) is 4. The second-order valence-electron chi connectivity index (χ2n) is 6.15. The largest absolute Gasteiger partial charge is 0.393 e. The summed E-state index contributed by atoms with van der Waals surface area (Å²) >= 11 is 0. The molecule has 5 nitrogen and oxygen atoms in total. The van der Waals surface area contributed by atoms with Crippen molar-refractivity contribution in [1.82, 2.24) is 10.2 Å². The zero-order valence-corrected chi connectivity index (χ0v) is 14.7. The molecule has 1 amide bonds. The van der Waals surface area contributed by atoms with Gasteiger partial charge in [-0.3, -0.25) is 4.79 Å². The smallest absolute Gasteiger partial charge is 0.368 e. The topological polar surface area (TPSA) is 72.1 Å². The molecule has 2 atom stereocenters. The summed E-state index contributed by atoms with van der Waals surface area (Å²) in [5, 5.41) is 7.88. The number of carbonyl (C=O) groups is 1. The van der Waals surface area contributed by atoms with Crippen LogP contribution in [0.4, 0.5) is 18.9 Å². The molecule has 2 unspecified atom stereocenters. The van der Waals surface area contributed by atoms with E-state index < -0.39 is 24.0 Å². The van der Waals surface area contributed by atoms with Crippen LogP contribution >= 0.6 is 12.4 Å². The van der Waals surface area contributed by atoms with Crippen LogP contribution < -0.4 is 10.6 Å². The lowest BCUT2D eigenvalue weighted by atomic mass is 10.0. The van der Waals surface area contributed by atoms with Gasteiger partial charge >= 0.3 is 6.18 Å². The van der Waals surface area contributed by atoms with Gasteiger partial charge < -0.3 is 10.6 Å². The standard InChI is InChI=1S/C17H17F3N4O.ClH/c1-10-4-5-12(8-13(10)14-3-2-6-22-23-14)24-9-11(17(18,19)20)7-15(24)16(21)25;/h2-6,8,11,15H,7,9H2,1H3,(H2,21,25);1H. The maximum atomic E-state index is 13.1. The molecule has 1 aliphatic rings. The van der Waals surface area contributed by atoms with Crippen LogP contribution in [-0.2, 0) is 4.79 Å². The second kappa shape index (κ2) is 7.49. The van der Waals surface area contributed by atoms with E-state index >= 15 is 0 Å². The fraction of sp³-hybridized carbons (Fsp3) is 0.353. The molecule has 0 saturated carbocycles. The molecular formula is C17H18ClF3N4O. The van der Waals surface area contributed by atoms with Gasteiger partial charge in [0.2, 0.25) is 5.91 Å². The van der Waals surface area contributed by atoms with Crippen molar-refractivity contribution < 1.29 is 18.0 Å².